The van der Waals surface area contributed by atoms with Gasteiger partial charge in [0.25, 0.3) is 0 Å². The summed E-state index contributed by atoms with van der Waals surface area (Å²) in [7, 11) is 1.60. The molecular formula is C16H24N2O5S. The Balaban J connectivity index is 2.64. The van der Waals surface area contributed by atoms with E-state index in [2.05, 4.69) is 5.32 Å². The fourth-order valence-corrected chi connectivity index (χ4v) is 2.86. The number of thioether (sulfide) groups is 1. The topological polar surface area (TPSA) is 122 Å². The third kappa shape index (κ3) is 5.70. The molecule has 1 rings (SSSR count). The normalized spacial score (nSPS) is 13.9. The zero-order valence-corrected chi connectivity index (χ0v) is 14.8. The predicted octanol–water partition coefficient (Wildman–Crippen LogP) is 0.596. The number of hydrogen-bond acceptors (Lipinski definition) is 6. The minimum Gasteiger partial charge on any atom is -0.497 e. The van der Waals surface area contributed by atoms with Crippen LogP contribution in [0.4, 0.5) is 0 Å². The molecule has 134 valence electrons. The van der Waals surface area contributed by atoms with Crippen molar-refractivity contribution in [3.8, 4) is 5.75 Å². The predicted molar refractivity (Wildman–Crippen MR) is 93.0 cm³/mol. The SMILES string of the molecule is COc1ccc(CSC(C)(C)[C@@H](N)C(=O)N[C@@H](CO)C(=O)O)cc1. The number of benzene rings is 1. The van der Waals surface area contributed by atoms with E-state index in [0.29, 0.717) is 5.75 Å². The number of aliphatic hydroxyl groups excluding tert-OH is 1. The summed E-state index contributed by atoms with van der Waals surface area (Å²) in [5, 5.41) is 20.1. The smallest absolute Gasteiger partial charge is 0.328 e. The van der Waals surface area contributed by atoms with Crippen molar-refractivity contribution in [2.45, 2.75) is 36.4 Å². The summed E-state index contributed by atoms with van der Waals surface area (Å²) >= 11 is 1.49. The molecule has 1 aromatic carbocycles. The van der Waals surface area contributed by atoms with Gasteiger partial charge in [-0.2, -0.15) is 0 Å². The van der Waals surface area contributed by atoms with E-state index in [9.17, 15) is 9.59 Å². The van der Waals surface area contributed by atoms with Crippen molar-refractivity contribution in [3.63, 3.8) is 0 Å². The summed E-state index contributed by atoms with van der Waals surface area (Å²) < 4.78 is 4.48. The van der Waals surface area contributed by atoms with Gasteiger partial charge in [-0.1, -0.05) is 12.1 Å². The van der Waals surface area contributed by atoms with Gasteiger partial charge in [0.1, 0.15) is 11.8 Å². The van der Waals surface area contributed by atoms with Gasteiger partial charge in [0.05, 0.1) is 19.8 Å². The Morgan fingerprint density at radius 3 is 2.38 bits per heavy atom. The molecule has 0 aliphatic heterocycles. The molecule has 0 bridgehead atoms. The van der Waals surface area contributed by atoms with Crippen LogP contribution in [0, 0.1) is 0 Å². The Morgan fingerprint density at radius 2 is 1.92 bits per heavy atom. The lowest BCUT2D eigenvalue weighted by atomic mass is 10.0. The number of carbonyl (C=O) groups excluding carboxylic acids is 1. The van der Waals surface area contributed by atoms with Gasteiger partial charge in [-0.05, 0) is 31.5 Å². The fraction of sp³-hybridized carbons (Fsp3) is 0.500. The molecule has 0 saturated heterocycles. The molecule has 1 aromatic rings. The first-order chi connectivity index (χ1) is 11.2. The zero-order chi connectivity index (χ0) is 18.3. The number of aliphatic hydroxyl groups is 1. The number of nitrogens with one attached hydrogen (secondary N) is 1. The molecule has 0 saturated carbocycles. The highest BCUT2D eigenvalue weighted by atomic mass is 32.2. The molecule has 0 radical (unpaired) electrons. The van der Waals surface area contributed by atoms with Gasteiger partial charge >= 0.3 is 5.97 Å². The molecule has 7 nitrogen and oxygen atoms in total. The molecule has 1 amide bonds. The first-order valence-corrected chi connectivity index (χ1v) is 8.36. The number of rotatable bonds is 9. The molecule has 8 heteroatoms. The lowest BCUT2D eigenvalue weighted by Gasteiger charge is -2.30. The molecule has 0 aliphatic carbocycles. The van der Waals surface area contributed by atoms with Crippen molar-refractivity contribution in [2.24, 2.45) is 5.73 Å². The number of hydrogen-bond donors (Lipinski definition) is 4. The quantitative estimate of drug-likeness (QED) is 0.511. The highest BCUT2D eigenvalue weighted by Gasteiger charge is 2.34. The number of carboxylic acids is 1. The number of carboxylic acid groups (broad SMARTS) is 1. The Labute approximate surface area is 145 Å². The van der Waals surface area contributed by atoms with E-state index in [-0.39, 0.29) is 0 Å². The van der Waals surface area contributed by atoms with Crippen molar-refractivity contribution in [1.82, 2.24) is 5.32 Å². The molecule has 0 fully saturated rings. The van der Waals surface area contributed by atoms with Crippen LogP contribution < -0.4 is 15.8 Å². The first kappa shape index (κ1) is 20.3. The number of ether oxygens (including phenoxy) is 1. The van der Waals surface area contributed by atoms with Gasteiger partial charge in [0, 0.05) is 10.5 Å². The molecule has 0 aliphatic rings. The monoisotopic (exact) mass is 356 g/mol. The molecular weight excluding hydrogens is 332 g/mol. The van der Waals surface area contributed by atoms with Gasteiger partial charge in [-0.25, -0.2) is 4.79 Å². The molecule has 0 spiro atoms. The van der Waals surface area contributed by atoms with E-state index in [4.69, 9.17) is 20.7 Å². The number of aliphatic carboxylic acids is 1. The average Bonchev–Trinajstić information content (AvgIpc) is 2.57. The minimum atomic E-state index is -1.36. The van der Waals surface area contributed by atoms with E-state index in [1.807, 2.05) is 38.1 Å². The van der Waals surface area contributed by atoms with Gasteiger partial charge < -0.3 is 26.0 Å². The fourth-order valence-electron chi connectivity index (χ4n) is 1.84. The number of nitrogens with two attached hydrogens (primary N) is 1. The van der Waals surface area contributed by atoms with Crippen LogP contribution in [0.15, 0.2) is 24.3 Å². The maximum Gasteiger partial charge on any atom is 0.328 e. The standard InChI is InChI=1S/C16H24N2O5S/c1-16(2,13(17)14(20)18-12(8-19)15(21)22)24-9-10-4-6-11(23-3)7-5-10/h4-7,12-13,19H,8-9,17H2,1-3H3,(H,18,20)(H,21,22)/t12-,13-/m0/s1. The third-order valence-electron chi connectivity index (χ3n) is 3.60. The van der Waals surface area contributed by atoms with Gasteiger partial charge in [0.15, 0.2) is 0 Å². The molecule has 0 unspecified atom stereocenters. The number of amides is 1. The van der Waals surface area contributed by atoms with Crippen LogP contribution in [0.2, 0.25) is 0 Å². The van der Waals surface area contributed by atoms with E-state index >= 15 is 0 Å². The lowest BCUT2D eigenvalue weighted by molar-refractivity contribution is -0.143. The summed E-state index contributed by atoms with van der Waals surface area (Å²) in [6.45, 7) is 2.95. The van der Waals surface area contributed by atoms with E-state index < -0.39 is 35.3 Å². The molecule has 5 N–H and O–H groups in total. The highest BCUT2D eigenvalue weighted by Crippen LogP contribution is 2.31. The lowest BCUT2D eigenvalue weighted by Crippen LogP contribution is -2.56. The van der Waals surface area contributed by atoms with Gasteiger partial charge in [-0.3, -0.25) is 4.79 Å². The van der Waals surface area contributed by atoms with Crippen LogP contribution in [-0.4, -0.2) is 52.6 Å². The largest absolute Gasteiger partial charge is 0.497 e. The minimum absolute atomic E-state index is 0.608. The Bertz CT molecular complexity index is 562. The van der Waals surface area contributed by atoms with Crippen molar-refractivity contribution in [1.29, 1.82) is 0 Å². The second-order valence-corrected chi connectivity index (χ2v) is 7.43. The summed E-state index contributed by atoms with van der Waals surface area (Å²) in [6.07, 6.45) is 0. The average molecular weight is 356 g/mol. The summed E-state index contributed by atoms with van der Waals surface area (Å²) in [5.74, 6) is -0.506. The van der Waals surface area contributed by atoms with Crippen molar-refractivity contribution in [2.75, 3.05) is 13.7 Å². The van der Waals surface area contributed by atoms with Crippen LogP contribution in [-0.2, 0) is 15.3 Å². The maximum absolute atomic E-state index is 12.1. The van der Waals surface area contributed by atoms with Crippen LogP contribution >= 0.6 is 11.8 Å². The van der Waals surface area contributed by atoms with E-state index in [0.717, 1.165) is 11.3 Å². The summed E-state index contributed by atoms with van der Waals surface area (Å²) in [6, 6.07) is 5.29. The van der Waals surface area contributed by atoms with Gasteiger partial charge in [0.2, 0.25) is 5.91 Å². The molecule has 24 heavy (non-hydrogen) atoms. The Morgan fingerprint density at radius 1 is 1.33 bits per heavy atom. The number of methoxy groups -OCH3 is 1. The van der Waals surface area contributed by atoms with Crippen molar-refractivity contribution < 1.29 is 24.5 Å². The maximum atomic E-state index is 12.1. The Kier molecular flexibility index (Phi) is 7.53. The summed E-state index contributed by atoms with van der Waals surface area (Å²) in [4.78, 5) is 23.0. The second-order valence-electron chi connectivity index (χ2n) is 5.80. The summed E-state index contributed by atoms with van der Waals surface area (Å²) in [5.41, 5.74) is 7.04. The Hall–Kier alpha value is -1.77. The second kappa shape index (κ2) is 8.91. The third-order valence-corrected chi connectivity index (χ3v) is 5.07. The van der Waals surface area contributed by atoms with E-state index in [1.54, 1.807) is 7.11 Å². The highest BCUT2D eigenvalue weighted by molar-refractivity contribution is 7.99. The van der Waals surface area contributed by atoms with Gasteiger partial charge in [-0.15, -0.1) is 11.8 Å². The molecule has 2 atom stereocenters. The zero-order valence-electron chi connectivity index (χ0n) is 14.0. The van der Waals surface area contributed by atoms with Crippen LogP contribution in [0.1, 0.15) is 19.4 Å². The number of carbonyl (C=O) groups is 2. The molecule has 0 aromatic heterocycles. The van der Waals surface area contributed by atoms with Crippen LogP contribution in [0.3, 0.4) is 0 Å². The van der Waals surface area contributed by atoms with E-state index in [1.165, 1.54) is 11.8 Å². The van der Waals surface area contributed by atoms with Crippen LogP contribution in [0.25, 0.3) is 0 Å². The van der Waals surface area contributed by atoms with Crippen LogP contribution in [0.5, 0.6) is 5.75 Å². The van der Waals surface area contributed by atoms with Crippen molar-refractivity contribution >= 4 is 23.6 Å². The molecule has 0 heterocycles. The first-order valence-electron chi connectivity index (χ1n) is 7.37. The van der Waals surface area contributed by atoms with Crippen molar-refractivity contribution in [3.05, 3.63) is 29.8 Å².